The fourth-order valence-electron chi connectivity index (χ4n) is 4.91. The summed E-state index contributed by atoms with van der Waals surface area (Å²) in [5, 5.41) is 11.9. The van der Waals surface area contributed by atoms with E-state index in [9.17, 15) is 27.2 Å². The van der Waals surface area contributed by atoms with E-state index in [0.29, 0.717) is 40.9 Å². The summed E-state index contributed by atoms with van der Waals surface area (Å²) >= 11 is 5.36. The molecule has 5 heterocycles. The number of ether oxygens (including phenoxy) is 4. The molecule has 1 aromatic heterocycles. The van der Waals surface area contributed by atoms with Gasteiger partial charge in [-0.3, -0.25) is 4.72 Å². The Morgan fingerprint density at radius 1 is 0.873 bits per heavy atom. The van der Waals surface area contributed by atoms with E-state index in [1.54, 1.807) is 0 Å². The van der Waals surface area contributed by atoms with E-state index in [2.05, 4.69) is 9.46 Å². The predicted molar refractivity (Wildman–Crippen MR) is 191 cm³/mol. The minimum absolute atomic E-state index is 0.0216. The molecule has 2 aliphatic carbocycles. The van der Waals surface area contributed by atoms with Crippen molar-refractivity contribution in [1.82, 2.24) is 0 Å². The van der Waals surface area contributed by atoms with Gasteiger partial charge in [-0.1, -0.05) is 29.3 Å². The first-order chi connectivity index (χ1) is 26.2. The number of benzene rings is 2. The minimum atomic E-state index is -3.64. The molecule has 0 radical (unpaired) electrons. The Labute approximate surface area is 345 Å². The molecule has 9 rings (SSSR count). The standard InChI is InChI=1S/C30H30Cl2F2N2O8S.As4O6/c1-45(39,40)35-24-8-6-20(11-27(24)41-15-17-2-3-17)29(37)43-26(12-21-22(31)13-36(38)14-23(21)32)19-7-9-25(44-30(33)34)28(10-19)42-16-18-4-5-18;5-1-6-3-8-2(5)9-4(7-1)10-3/h6-11,13-14,17-18,26,30,35H,2-5,12,15-16H2,1H3;. The molecule has 0 spiro atoms. The topological polar surface area (TPSA) is 182 Å². The van der Waals surface area contributed by atoms with Gasteiger partial charge in [-0.15, -0.1) is 0 Å². The number of hydrogen-bond acceptors (Lipinski definition) is 14. The van der Waals surface area contributed by atoms with Crippen LogP contribution in [0.4, 0.5) is 14.5 Å². The molecule has 16 nitrogen and oxygen atoms in total. The van der Waals surface area contributed by atoms with E-state index in [1.807, 2.05) is 0 Å². The van der Waals surface area contributed by atoms with Gasteiger partial charge >= 0.3 is 91.6 Å². The van der Waals surface area contributed by atoms with Crippen LogP contribution in [-0.4, -0.2) is 103 Å². The van der Waals surface area contributed by atoms with Gasteiger partial charge in [0.05, 0.1) is 30.7 Å². The number of anilines is 1. The summed E-state index contributed by atoms with van der Waals surface area (Å²) in [5.74, 6) is -0.157. The first-order valence-electron chi connectivity index (χ1n) is 16.3. The van der Waals surface area contributed by atoms with Gasteiger partial charge in [-0.05, 0) is 73.4 Å². The third kappa shape index (κ3) is 12.0. The number of nitrogens with zero attached hydrogens (tertiary/aromatic N) is 1. The number of carbonyl (C=O) groups is 1. The van der Waals surface area contributed by atoms with Crippen molar-refractivity contribution < 1.29 is 62.0 Å². The average Bonchev–Trinajstić information content (AvgIpc) is 4.04. The van der Waals surface area contributed by atoms with Crippen molar-refractivity contribution in [2.75, 3.05) is 24.2 Å². The molecular formula is C30H30As4Cl2F2N2O14S. The third-order valence-corrected chi connectivity index (χ3v) is 29.9. The van der Waals surface area contributed by atoms with Crippen LogP contribution >= 0.6 is 23.2 Å². The van der Waals surface area contributed by atoms with Crippen LogP contribution in [0.1, 0.15) is 53.3 Å². The van der Waals surface area contributed by atoms with Crippen LogP contribution in [0.15, 0.2) is 48.8 Å². The fourth-order valence-corrected chi connectivity index (χ4v) is 39.5. The summed E-state index contributed by atoms with van der Waals surface area (Å²) < 4.78 is 106. The van der Waals surface area contributed by atoms with Gasteiger partial charge < -0.3 is 24.2 Å². The summed E-state index contributed by atoms with van der Waals surface area (Å²) in [7, 11) is -3.64. The van der Waals surface area contributed by atoms with Gasteiger partial charge in [-0.25, -0.2) is 13.2 Å². The van der Waals surface area contributed by atoms with Gasteiger partial charge in [-0.2, -0.15) is 13.5 Å². The molecule has 6 fully saturated rings. The van der Waals surface area contributed by atoms with E-state index in [0.717, 1.165) is 44.3 Å². The molecular weight excluding hydrogens is 1050 g/mol. The van der Waals surface area contributed by atoms with Crippen LogP contribution in [0.3, 0.4) is 0 Å². The van der Waals surface area contributed by atoms with Crippen molar-refractivity contribution >= 4 is 108 Å². The molecule has 25 heteroatoms. The van der Waals surface area contributed by atoms with Gasteiger partial charge in [0.15, 0.2) is 23.9 Å². The molecule has 3 aromatic rings. The van der Waals surface area contributed by atoms with Crippen LogP contribution in [0.25, 0.3) is 0 Å². The molecule has 2 aromatic carbocycles. The Balaban J connectivity index is 0.000000394. The van der Waals surface area contributed by atoms with Crippen molar-refractivity contribution in [1.29, 1.82) is 0 Å². The summed E-state index contributed by atoms with van der Waals surface area (Å²) in [4.78, 5) is 13.6. The number of carbonyl (C=O) groups excluding carboxylic acids is 1. The zero-order chi connectivity index (χ0) is 38.9. The summed E-state index contributed by atoms with van der Waals surface area (Å²) in [5.41, 5.74) is 0.863. The summed E-state index contributed by atoms with van der Waals surface area (Å²) in [6, 6.07) is 8.33. The summed E-state index contributed by atoms with van der Waals surface area (Å²) in [6.07, 6.45) is 5.90. The number of sulfonamides is 1. The molecule has 1 N–H and O–H groups in total. The summed E-state index contributed by atoms with van der Waals surface area (Å²) in [6.45, 7) is -2.45. The number of alkyl halides is 2. The second kappa shape index (κ2) is 18.2. The van der Waals surface area contributed by atoms with E-state index in [1.165, 1.54) is 36.4 Å². The molecule has 0 amide bonds. The van der Waals surface area contributed by atoms with Gasteiger partial charge in [0, 0.05) is 12.0 Å². The second-order valence-corrected chi connectivity index (χ2v) is 31.5. The monoisotopic (exact) mass is 1080 g/mol. The number of esters is 1. The molecule has 4 aliphatic heterocycles. The van der Waals surface area contributed by atoms with Crippen LogP contribution in [0.5, 0.6) is 17.2 Å². The van der Waals surface area contributed by atoms with Gasteiger partial charge in [0.2, 0.25) is 10.0 Å². The molecule has 1 atom stereocenters. The number of hydrogen-bond donors (Lipinski definition) is 1. The Hall–Kier alpha value is -1.56. The van der Waals surface area contributed by atoms with Crippen molar-refractivity contribution in [3.05, 3.63) is 80.7 Å². The van der Waals surface area contributed by atoms with Crippen LogP contribution < -0.4 is 23.7 Å². The molecule has 6 aliphatic rings. The van der Waals surface area contributed by atoms with Crippen LogP contribution in [0, 0.1) is 17.0 Å². The number of aromatic nitrogens is 1. The van der Waals surface area contributed by atoms with E-state index >= 15 is 0 Å². The Morgan fingerprint density at radius 2 is 1.42 bits per heavy atom. The van der Waals surface area contributed by atoms with E-state index in [-0.39, 0.29) is 45.0 Å². The number of rotatable bonds is 15. The van der Waals surface area contributed by atoms with E-state index in [4.69, 9.17) is 53.7 Å². The number of pyridine rings is 1. The maximum absolute atomic E-state index is 13.6. The molecule has 298 valence electrons. The normalized spacial score (nSPS) is 23.1. The second-order valence-electron chi connectivity index (χ2n) is 12.5. The maximum atomic E-state index is 13.6. The first-order valence-corrected chi connectivity index (χ1v) is 28.1. The van der Waals surface area contributed by atoms with Gasteiger partial charge in [0.25, 0.3) is 0 Å². The molecule has 1 unspecified atom stereocenters. The molecule has 55 heavy (non-hydrogen) atoms. The first kappa shape index (κ1) is 41.6. The van der Waals surface area contributed by atoms with Crippen molar-refractivity contribution in [3.63, 3.8) is 0 Å². The SMILES string of the molecule is CS(=O)(=O)Nc1ccc(C(=O)OC(Cc2c(Cl)c[n+]([O-])cc2Cl)c2ccc(OC(F)F)c(OCC3CC3)c2)cc1OCC1CC1.O1[As]2O[As]3O[As]1O[As](O2)O3. The molecule has 4 bridgehead atoms. The fraction of sp³-hybridized carbons (Fsp3) is 0.400. The quantitative estimate of drug-likeness (QED) is 0.0980. The zero-order valence-electron chi connectivity index (χ0n) is 28.2. The molecule has 4 saturated heterocycles. The van der Waals surface area contributed by atoms with Crippen molar-refractivity contribution in [2.24, 2.45) is 11.8 Å². The molecule has 2 saturated carbocycles. The Morgan fingerprint density at radius 3 is 1.93 bits per heavy atom. The number of halogens is 4. The third-order valence-electron chi connectivity index (χ3n) is 7.91. The van der Waals surface area contributed by atoms with E-state index < -0.39 is 91.4 Å². The van der Waals surface area contributed by atoms with Crippen molar-refractivity contribution in [3.8, 4) is 17.2 Å². The van der Waals surface area contributed by atoms with Crippen LogP contribution in [0.2, 0.25) is 10.0 Å². The van der Waals surface area contributed by atoms with Crippen molar-refractivity contribution in [2.45, 2.75) is 44.8 Å². The zero-order valence-corrected chi connectivity index (χ0v) is 38.1. The Kier molecular flexibility index (Phi) is 13.7. The predicted octanol–water partition coefficient (Wildman–Crippen LogP) is 4.38. The number of nitrogens with one attached hydrogen (secondary N) is 1. The Bertz CT molecular complexity index is 1930. The average molecular weight is 1080 g/mol. The van der Waals surface area contributed by atoms with Crippen LogP contribution in [-0.2, 0) is 37.5 Å². The van der Waals surface area contributed by atoms with Gasteiger partial charge in [0.1, 0.15) is 21.9 Å².